The van der Waals surface area contributed by atoms with Gasteiger partial charge >= 0.3 is 5.97 Å². The second kappa shape index (κ2) is 7.71. The SMILES string of the molecule is COC(=O)c1ccccc1-n1ncc(N2CCCC2c2cnn(C)c2)c(Cl)c1=O. The average Bonchev–Trinajstić information content (AvgIpc) is 3.38. The van der Waals surface area contributed by atoms with Gasteiger partial charge in [-0.05, 0) is 25.0 Å². The van der Waals surface area contributed by atoms with E-state index in [4.69, 9.17) is 16.3 Å². The van der Waals surface area contributed by atoms with Gasteiger partial charge in [-0.25, -0.2) is 4.79 Å². The minimum absolute atomic E-state index is 0.0652. The van der Waals surface area contributed by atoms with E-state index >= 15 is 0 Å². The van der Waals surface area contributed by atoms with Crippen molar-refractivity contribution in [3.8, 4) is 5.69 Å². The number of rotatable bonds is 4. The lowest BCUT2D eigenvalue weighted by Crippen LogP contribution is -2.29. The van der Waals surface area contributed by atoms with E-state index in [2.05, 4.69) is 15.1 Å². The summed E-state index contributed by atoms with van der Waals surface area (Å²) >= 11 is 6.50. The molecule has 3 aromatic rings. The minimum Gasteiger partial charge on any atom is -0.465 e. The molecule has 9 heteroatoms. The van der Waals surface area contributed by atoms with Crippen LogP contribution in [0.5, 0.6) is 0 Å². The number of hydrogen-bond acceptors (Lipinski definition) is 6. The molecule has 0 saturated carbocycles. The third kappa shape index (κ3) is 3.40. The van der Waals surface area contributed by atoms with Crippen LogP contribution in [-0.4, -0.2) is 39.2 Å². The Morgan fingerprint density at radius 2 is 2.00 bits per heavy atom. The van der Waals surface area contributed by atoms with Gasteiger partial charge in [0.05, 0.1) is 42.5 Å². The van der Waals surface area contributed by atoms with Gasteiger partial charge in [-0.3, -0.25) is 9.48 Å². The van der Waals surface area contributed by atoms with Crippen molar-refractivity contribution in [2.24, 2.45) is 7.05 Å². The Labute approximate surface area is 172 Å². The third-order valence-corrected chi connectivity index (χ3v) is 5.47. The van der Waals surface area contributed by atoms with Crippen LogP contribution in [0, 0.1) is 0 Å². The molecule has 0 radical (unpaired) electrons. The van der Waals surface area contributed by atoms with E-state index in [-0.39, 0.29) is 16.6 Å². The Balaban J connectivity index is 1.76. The van der Waals surface area contributed by atoms with Crippen molar-refractivity contribution in [3.05, 3.63) is 69.4 Å². The molecule has 150 valence electrons. The first kappa shape index (κ1) is 19.2. The summed E-state index contributed by atoms with van der Waals surface area (Å²) in [4.78, 5) is 27.2. The van der Waals surface area contributed by atoms with Crippen LogP contribution in [0.1, 0.15) is 34.8 Å². The minimum atomic E-state index is -0.550. The molecule has 0 N–H and O–H groups in total. The Morgan fingerprint density at radius 3 is 2.72 bits per heavy atom. The number of esters is 1. The number of benzene rings is 1. The van der Waals surface area contributed by atoms with Crippen molar-refractivity contribution >= 4 is 23.3 Å². The molecule has 29 heavy (non-hydrogen) atoms. The monoisotopic (exact) mass is 413 g/mol. The van der Waals surface area contributed by atoms with Crippen LogP contribution >= 0.6 is 11.6 Å². The smallest absolute Gasteiger partial charge is 0.340 e. The first-order chi connectivity index (χ1) is 14.0. The maximum atomic E-state index is 13.0. The molecule has 0 aliphatic carbocycles. The fraction of sp³-hybridized carbons (Fsp3) is 0.300. The molecular formula is C20H20ClN5O3. The molecule has 1 aliphatic heterocycles. The molecule has 8 nitrogen and oxygen atoms in total. The molecule has 1 aromatic carbocycles. The topological polar surface area (TPSA) is 82.2 Å². The highest BCUT2D eigenvalue weighted by Gasteiger charge is 2.30. The van der Waals surface area contributed by atoms with Crippen molar-refractivity contribution in [1.29, 1.82) is 0 Å². The first-order valence-electron chi connectivity index (χ1n) is 9.22. The first-order valence-corrected chi connectivity index (χ1v) is 9.59. The van der Waals surface area contributed by atoms with Crippen LogP contribution in [0.15, 0.2) is 47.7 Å². The van der Waals surface area contributed by atoms with Gasteiger partial charge in [0, 0.05) is 25.4 Å². The number of aromatic nitrogens is 4. The van der Waals surface area contributed by atoms with E-state index in [1.54, 1.807) is 35.1 Å². The predicted octanol–water partition coefficient (Wildman–Crippen LogP) is 2.75. The number of carbonyl (C=O) groups excluding carboxylic acids is 1. The third-order valence-electron chi connectivity index (χ3n) is 5.11. The maximum Gasteiger partial charge on any atom is 0.340 e. The zero-order valence-corrected chi connectivity index (χ0v) is 16.8. The quantitative estimate of drug-likeness (QED) is 0.612. The molecule has 3 heterocycles. The molecule has 1 fully saturated rings. The summed E-state index contributed by atoms with van der Waals surface area (Å²) in [6.07, 6.45) is 7.29. The Hall–Kier alpha value is -3.13. The van der Waals surface area contributed by atoms with E-state index in [0.717, 1.165) is 29.6 Å². The molecule has 2 aromatic heterocycles. The van der Waals surface area contributed by atoms with Gasteiger partial charge in [-0.2, -0.15) is 14.9 Å². The lowest BCUT2D eigenvalue weighted by Gasteiger charge is -2.26. The van der Waals surface area contributed by atoms with Gasteiger partial charge in [0.15, 0.2) is 0 Å². The number of carbonyl (C=O) groups is 1. The van der Waals surface area contributed by atoms with Gasteiger partial charge in [0.2, 0.25) is 0 Å². The lowest BCUT2D eigenvalue weighted by molar-refractivity contribution is 0.0600. The second-order valence-electron chi connectivity index (χ2n) is 6.87. The number of anilines is 1. The van der Waals surface area contributed by atoms with Crippen molar-refractivity contribution in [2.75, 3.05) is 18.6 Å². The Morgan fingerprint density at radius 1 is 1.21 bits per heavy atom. The molecule has 1 saturated heterocycles. The highest BCUT2D eigenvalue weighted by atomic mass is 35.5. The summed E-state index contributed by atoms with van der Waals surface area (Å²) in [6.45, 7) is 0.767. The number of hydrogen-bond donors (Lipinski definition) is 0. The number of methoxy groups -OCH3 is 1. The maximum absolute atomic E-state index is 13.0. The molecule has 0 amide bonds. The predicted molar refractivity (Wildman–Crippen MR) is 109 cm³/mol. The molecule has 1 aliphatic rings. The summed E-state index contributed by atoms with van der Waals surface area (Å²) in [5.74, 6) is -0.550. The molecule has 4 rings (SSSR count). The zero-order valence-electron chi connectivity index (χ0n) is 16.1. The van der Waals surface area contributed by atoms with Crippen LogP contribution in [0.3, 0.4) is 0 Å². The van der Waals surface area contributed by atoms with Crippen molar-refractivity contribution < 1.29 is 9.53 Å². The standard InChI is InChI=1S/C20H20ClN5O3/c1-24-12-13(10-22-24)15-8-5-9-25(15)17-11-23-26(19(27)18(17)21)16-7-4-3-6-14(16)20(28)29-2/h3-4,6-7,10-12,15H,5,8-9H2,1-2H3. The number of halogens is 1. The largest absolute Gasteiger partial charge is 0.465 e. The highest BCUT2D eigenvalue weighted by molar-refractivity contribution is 6.33. The van der Waals surface area contributed by atoms with E-state index in [9.17, 15) is 9.59 Å². The highest BCUT2D eigenvalue weighted by Crippen LogP contribution is 2.37. The van der Waals surface area contributed by atoms with Crippen LogP contribution in [-0.2, 0) is 11.8 Å². The van der Waals surface area contributed by atoms with Gasteiger partial charge < -0.3 is 9.64 Å². The van der Waals surface area contributed by atoms with Gasteiger partial charge in [0.1, 0.15) is 5.02 Å². The number of para-hydroxylation sites is 1. The Bertz CT molecular complexity index is 1120. The second-order valence-corrected chi connectivity index (χ2v) is 7.25. The van der Waals surface area contributed by atoms with Gasteiger partial charge in [0.25, 0.3) is 5.56 Å². The van der Waals surface area contributed by atoms with Gasteiger partial charge in [-0.15, -0.1) is 0 Å². The Kier molecular flexibility index (Phi) is 5.10. The summed E-state index contributed by atoms with van der Waals surface area (Å²) < 4.78 is 7.70. The van der Waals surface area contributed by atoms with Crippen LogP contribution in [0.2, 0.25) is 5.02 Å². The van der Waals surface area contributed by atoms with E-state index < -0.39 is 11.5 Å². The fourth-order valence-electron chi connectivity index (χ4n) is 3.75. The van der Waals surface area contributed by atoms with Crippen molar-refractivity contribution in [2.45, 2.75) is 18.9 Å². The van der Waals surface area contributed by atoms with Gasteiger partial charge in [-0.1, -0.05) is 23.7 Å². The molecule has 1 atom stereocenters. The van der Waals surface area contributed by atoms with Crippen molar-refractivity contribution in [3.63, 3.8) is 0 Å². The summed E-state index contributed by atoms with van der Waals surface area (Å²) in [7, 11) is 3.16. The zero-order chi connectivity index (χ0) is 20.5. The van der Waals surface area contributed by atoms with Crippen LogP contribution < -0.4 is 10.5 Å². The number of nitrogens with zero attached hydrogens (tertiary/aromatic N) is 5. The summed E-state index contributed by atoms with van der Waals surface area (Å²) in [6, 6.07) is 6.71. The molecule has 1 unspecified atom stereocenters. The average molecular weight is 414 g/mol. The summed E-state index contributed by atoms with van der Waals surface area (Å²) in [5, 5.41) is 8.63. The normalized spacial score (nSPS) is 16.2. The molecule has 0 bridgehead atoms. The van der Waals surface area contributed by atoms with E-state index in [1.807, 2.05) is 19.4 Å². The number of ether oxygens (including phenoxy) is 1. The fourth-order valence-corrected chi connectivity index (χ4v) is 3.99. The van der Waals surface area contributed by atoms with Crippen molar-refractivity contribution in [1.82, 2.24) is 19.6 Å². The van der Waals surface area contributed by atoms with E-state index in [0.29, 0.717) is 11.4 Å². The number of aryl methyl sites for hydroxylation is 1. The summed E-state index contributed by atoms with van der Waals surface area (Å²) in [5.41, 5.74) is 1.72. The lowest BCUT2D eigenvalue weighted by atomic mass is 10.1. The van der Waals surface area contributed by atoms with E-state index in [1.165, 1.54) is 7.11 Å². The van der Waals surface area contributed by atoms with Crippen LogP contribution in [0.25, 0.3) is 5.69 Å². The van der Waals surface area contributed by atoms with Crippen LogP contribution in [0.4, 0.5) is 5.69 Å². The molecular weight excluding hydrogens is 394 g/mol. The molecule has 0 spiro atoms.